The number of amides is 2. The number of hydrogen-bond donors (Lipinski definition) is 2. The molecule has 2 aromatic carbocycles. The fraction of sp³-hybridized carbons (Fsp3) is 0.214. The molecule has 0 spiro atoms. The van der Waals surface area contributed by atoms with E-state index in [0.29, 0.717) is 29.8 Å². The van der Waals surface area contributed by atoms with Gasteiger partial charge in [0, 0.05) is 49.2 Å². The summed E-state index contributed by atoms with van der Waals surface area (Å²) < 4.78 is 6.79. The van der Waals surface area contributed by atoms with Crippen molar-refractivity contribution < 1.29 is 23.9 Å². The van der Waals surface area contributed by atoms with Gasteiger partial charge in [0.05, 0.1) is 6.20 Å². The summed E-state index contributed by atoms with van der Waals surface area (Å²) in [6.45, 7) is 2.33. The highest BCUT2D eigenvalue weighted by molar-refractivity contribution is 5.98. The topological polar surface area (TPSA) is 132 Å². The lowest BCUT2D eigenvalue weighted by atomic mass is 10.0. The Morgan fingerprint density at radius 3 is 2.47 bits per heavy atom. The quantitative estimate of drug-likeness (QED) is 0.348. The minimum absolute atomic E-state index is 0.00594. The number of nitrogens with zero attached hydrogens (tertiary/aromatic N) is 3. The van der Waals surface area contributed by atoms with Gasteiger partial charge in [-0.05, 0) is 23.3 Å². The molecule has 5 rings (SSSR count). The fourth-order valence-electron chi connectivity index (χ4n) is 4.19. The maximum atomic E-state index is 13.0. The van der Waals surface area contributed by atoms with E-state index in [2.05, 4.69) is 20.7 Å². The Morgan fingerprint density at radius 1 is 0.947 bits per heavy atom. The molecule has 38 heavy (non-hydrogen) atoms. The van der Waals surface area contributed by atoms with Crippen molar-refractivity contribution in [2.45, 2.75) is 32.9 Å². The second-order valence-corrected chi connectivity index (χ2v) is 8.91. The van der Waals surface area contributed by atoms with Crippen molar-refractivity contribution in [1.29, 1.82) is 0 Å². The normalized spacial score (nSPS) is 12.5. The zero-order valence-electron chi connectivity index (χ0n) is 20.7. The van der Waals surface area contributed by atoms with Crippen molar-refractivity contribution in [3.8, 4) is 5.75 Å². The van der Waals surface area contributed by atoms with Crippen LogP contribution in [-0.4, -0.2) is 44.6 Å². The molecular weight excluding hydrogens is 486 g/mol. The van der Waals surface area contributed by atoms with Gasteiger partial charge in [0.15, 0.2) is 17.2 Å². The summed E-state index contributed by atoms with van der Waals surface area (Å²) in [6, 6.07) is 15.5. The highest BCUT2D eigenvalue weighted by Crippen LogP contribution is 2.24. The SMILES string of the molecule is CCC(=O)c1ccc(CNC(=O)c2cc(C(=O)NCc3ccc4c(c3)CC(=O)CO4)nc3ccnn23)cc1. The number of fused-ring (bicyclic) bond motifs is 2. The van der Waals surface area contributed by atoms with Crippen LogP contribution in [0, 0.1) is 0 Å². The predicted octanol–water partition coefficient (Wildman–Crippen LogP) is 2.69. The molecule has 0 unspecified atom stereocenters. The number of ether oxygens (including phenoxy) is 1. The Labute approximate surface area is 218 Å². The molecule has 2 aromatic heterocycles. The highest BCUT2D eigenvalue weighted by Gasteiger charge is 2.19. The summed E-state index contributed by atoms with van der Waals surface area (Å²) in [7, 11) is 0. The second kappa shape index (κ2) is 10.6. The summed E-state index contributed by atoms with van der Waals surface area (Å²) in [5.74, 6) is -0.146. The van der Waals surface area contributed by atoms with E-state index in [9.17, 15) is 19.2 Å². The van der Waals surface area contributed by atoms with Gasteiger partial charge in [0.25, 0.3) is 11.8 Å². The zero-order valence-corrected chi connectivity index (χ0v) is 20.7. The Bertz CT molecular complexity index is 1560. The number of nitrogens with one attached hydrogen (secondary N) is 2. The van der Waals surface area contributed by atoms with Gasteiger partial charge >= 0.3 is 0 Å². The van der Waals surface area contributed by atoms with Gasteiger partial charge < -0.3 is 15.4 Å². The molecule has 0 radical (unpaired) electrons. The van der Waals surface area contributed by atoms with E-state index in [-0.39, 0.29) is 42.7 Å². The number of carbonyl (C=O) groups is 4. The first-order valence-corrected chi connectivity index (χ1v) is 12.2. The van der Waals surface area contributed by atoms with Crippen LogP contribution in [0.25, 0.3) is 5.65 Å². The van der Waals surface area contributed by atoms with Gasteiger partial charge in [0.2, 0.25) is 0 Å². The molecular formula is C28H25N5O5. The van der Waals surface area contributed by atoms with Crippen LogP contribution >= 0.6 is 0 Å². The average Bonchev–Trinajstić information content (AvgIpc) is 3.42. The molecule has 10 nitrogen and oxygen atoms in total. The summed E-state index contributed by atoms with van der Waals surface area (Å²) >= 11 is 0. The standard InChI is InChI=1S/C28H25N5O5/c1-2-24(35)19-6-3-17(4-7-19)14-30-28(37)23-13-22(32-26-9-10-31-33(23)26)27(36)29-15-18-5-8-25-20(11-18)12-21(34)16-38-25/h3-11,13H,2,12,14-16H2,1H3,(H,29,36)(H,30,37). The van der Waals surface area contributed by atoms with Crippen LogP contribution in [0.3, 0.4) is 0 Å². The lowest BCUT2D eigenvalue weighted by Crippen LogP contribution is -2.28. The Balaban J connectivity index is 1.28. The number of aromatic nitrogens is 3. The molecule has 0 saturated heterocycles. The number of hydrogen-bond acceptors (Lipinski definition) is 7. The number of rotatable bonds is 8. The fourth-order valence-corrected chi connectivity index (χ4v) is 4.19. The number of carbonyl (C=O) groups excluding carboxylic acids is 4. The van der Waals surface area contributed by atoms with E-state index in [0.717, 1.165) is 16.7 Å². The molecule has 0 aliphatic carbocycles. The van der Waals surface area contributed by atoms with E-state index in [4.69, 9.17) is 4.74 Å². The molecule has 1 aliphatic heterocycles. The van der Waals surface area contributed by atoms with Crippen LogP contribution < -0.4 is 15.4 Å². The second-order valence-electron chi connectivity index (χ2n) is 8.91. The first kappa shape index (κ1) is 24.8. The van der Waals surface area contributed by atoms with Crippen LogP contribution in [0.4, 0.5) is 0 Å². The van der Waals surface area contributed by atoms with Gasteiger partial charge in [-0.15, -0.1) is 0 Å². The zero-order chi connectivity index (χ0) is 26.6. The Morgan fingerprint density at radius 2 is 1.68 bits per heavy atom. The van der Waals surface area contributed by atoms with Crippen molar-refractivity contribution in [3.05, 3.63) is 94.4 Å². The first-order chi connectivity index (χ1) is 18.4. The molecule has 1 aliphatic rings. The van der Waals surface area contributed by atoms with Gasteiger partial charge in [-0.2, -0.15) is 5.10 Å². The van der Waals surface area contributed by atoms with Gasteiger partial charge in [0.1, 0.15) is 23.7 Å². The predicted molar refractivity (Wildman–Crippen MR) is 137 cm³/mol. The van der Waals surface area contributed by atoms with Crippen molar-refractivity contribution in [2.24, 2.45) is 0 Å². The third-order valence-corrected chi connectivity index (χ3v) is 6.23. The minimum atomic E-state index is -0.455. The minimum Gasteiger partial charge on any atom is -0.486 e. The summed E-state index contributed by atoms with van der Waals surface area (Å²) in [5.41, 5.74) is 3.64. The van der Waals surface area contributed by atoms with Crippen LogP contribution in [-0.2, 0) is 24.3 Å². The van der Waals surface area contributed by atoms with E-state index >= 15 is 0 Å². The first-order valence-electron chi connectivity index (χ1n) is 12.2. The van der Waals surface area contributed by atoms with Gasteiger partial charge in [-0.3, -0.25) is 19.2 Å². The number of ketones is 2. The number of benzene rings is 2. The summed E-state index contributed by atoms with van der Waals surface area (Å²) in [4.78, 5) is 53.8. The smallest absolute Gasteiger partial charge is 0.270 e. The molecule has 0 fully saturated rings. The lowest BCUT2D eigenvalue weighted by molar-refractivity contribution is -0.121. The molecule has 10 heteroatoms. The lowest BCUT2D eigenvalue weighted by Gasteiger charge is -2.17. The van der Waals surface area contributed by atoms with E-state index in [1.807, 2.05) is 19.1 Å². The maximum absolute atomic E-state index is 13.0. The molecule has 0 bridgehead atoms. The van der Waals surface area contributed by atoms with Crippen molar-refractivity contribution >= 4 is 29.0 Å². The molecule has 4 aromatic rings. The molecule has 0 atom stereocenters. The van der Waals surface area contributed by atoms with E-state index in [1.54, 1.807) is 36.4 Å². The van der Waals surface area contributed by atoms with Crippen LogP contribution in [0.15, 0.2) is 60.8 Å². The Kier molecular flexibility index (Phi) is 6.94. The van der Waals surface area contributed by atoms with Crippen LogP contribution in [0.5, 0.6) is 5.75 Å². The van der Waals surface area contributed by atoms with Crippen molar-refractivity contribution in [1.82, 2.24) is 25.2 Å². The van der Waals surface area contributed by atoms with Gasteiger partial charge in [-0.25, -0.2) is 9.50 Å². The molecule has 2 N–H and O–H groups in total. The van der Waals surface area contributed by atoms with Crippen molar-refractivity contribution in [3.63, 3.8) is 0 Å². The molecule has 0 saturated carbocycles. The monoisotopic (exact) mass is 511 g/mol. The largest absolute Gasteiger partial charge is 0.486 e. The Hall–Kier alpha value is -4.86. The molecule has 192 valence electrons. The summed E-state index contributed by atoms with van der Waals surface area (Å²) in [6.07, 6.45) is 2.23. The van der Waals surface area contributed by atoms with Crippen LogP contribution in [0.2, 0.25) is 0 Å². The average molecular weight is 512 g/mol. The van der Waals surface area contributed by atoms with Crippen molar-refractivity contribution in [2.75, 3.05) is 6.61 Å². The maximum Gasteiger partial charge on any atom is 0.270 e. The van der Waals surface area contributed by atoms with E-state index in [1.165, 1.54) is 16.8 Å². The van der Waals surface area contributed by atoms with Gasteiger partial charge in [-0.1, -0.05) is 37.3 Å². The van der Waals surface area contributed by atoms with Crippen LogP contribution in [0.1, 0.15) is 61.4 Å². The number of Topliss-reactive ketones (excluding diaryl/α,β-unsaturated/α-hetero) is 2. The molecule has 3 heterocycles. The van der Waals surface area contributed by atoms with E-state index < -0.39 is 11.8 Å². The third kappa shape index (κ3) is 5.29. The highest BCUT2D eigenvalue weighted by atomic mass is 16.5. The molecule has 2 amide bonds. The summed E-state index contributed by atoms with van der Waals surface area (Å²) in [5, 5.41) is 9.81. The third-order valence-electron chi connectivity index (χ3n) is 6.23.